The molecule has 1 aromatic rings. The fraction of sp³-hybridized carbons (Fsp3) is 0.467. The molecule has 0 spiro atoms. The maximum atomic E-state index is 5.27. The maximum Gasteiger partial charge on any atom is 0.123 e. The molecule has 0 aliphatic rings. The van der Waals surface area contributed by atoms with Crippen molar-refractivity contribution in [3.8, 4) is 11.5 Å². The third-order valence-corrected chi connectivity index (χ3v) is 2.83. The smallest absolute Gasteiger partial charge is 0.123 e. The van der Waals surface area contributed by atoms with Gasteiger partial charge in [-0.15, -0.1) is 0 Å². The zero-order valence-corrected chi connectivity index (χ0v) is 11.7. The van der Waals surface area contributed by atoms with Crippen LogP contribution in [-0.4, -0.2) is 27.3 Å². The number of methoxy groups -OCH3 is 2. The third-order valence-electron chi connectivity index (χ3n) is 2.83. The lowest BCUT2D eigenvalue weighted by molar-refractivity contribution is 0.394. The highest BCUT2D eigenvalue weighted by atomic mass is 16.5. The summed E-state index contributed by atoms with van der Waals surface area (Å²) in [5.41, 5.74) is 2.38. The first kappa shape index (κ1) is 14.6. The number of hydrogen-bond acceptors (Lipinski definition) is 3. The Hall–Kier alpha value is -1.48. The second-order valence-electron chi connectivity index (χ2n) is 4.13. The molecule has 0 atom stereocenters. The van der Waals surface area contributed by atoms with Crippen molar-refractivity contribution in [3.05, 3.63) is 29.8 Å². The summed E-state index contributed by atoms with van der Waals surface area (Å²) in [5, 5.41) is 3.31. The predicted molar refractivity (Wildman–Crippen MR) is 76.4 cm³/mol. The first-order valence-corrected chi connectivity index (χ1v) is 6.32. The number of allylic oxidation sites excluding steroid dienone is 1. The molecule has 1 aromatic carbocycles. The molecule has 0 saturated carbocycles. The molecule has 100 valence electrons. The average molecular weight is 249 g/mol. The van der Waals surface area contributed by atoms with Gasteiger partial charge in [-0.3, -0.25) is 0 Å². The van der Waals surface area contributed by atoms with Crippen LogP contribution in [0.2, 0.25) is 0 Å². The Morgan fingerprint density at radius 2 is 1.78 bits per heavy atom. The first-order valence-electron chi connectivity index (χ1n) is 6.32. The van der Waals surface area contributed by atoms with Crippen molar-refractivity contribution >= 4 is 5.57 Å². The van der Waals surface area contributed by atoms with Crippen LogP contribution in [0.5, 0.6) is 11.5 Å². The lowest BCUT2D eigenvalue weighted by Gasteiger charge is -2.09. The molecule has 0 heterocycles. The molecule has 1 rings (SSSR count). The largest absolute Gasteiger partial charge is 0.497 e. The van der Waals surface area contributed by atoms with Crippen LogP contribution in [0.4, 0.5) is 0 Å². The Morgan fingerprint density at radius 1 is 1.17 bits per heavy atom. The molecule has 0 unspecified atom stereocenters. The highest BCUT2D eigenvalue weighted by Gasteiger charge is 2.03. The van der Waals surface area contributed by atoms with Crippen molar-refractivity contribution in [2.75, 3.05) is 27.3 Å². The topological polar surface area (TPSA) is 30.5 Å². The van der Waals surface area contributed by atoms with E-state index in [2.05, 4.69) is 25.2 Å². The summed E-state index contributed by atoms with van der Waals surface area (Å²) in [6.45, 7) is 6.25. The number of ether oxygens (including phenoxy) is 2. The van der Waals surface area contributed by atoms with Crippen LogP contribution in [0, 0.1) is 0 Å². The van der Waals surface area contributed by atoms with Crippen molar-refractivity contribution in [2.24, 2.45) is 0 Å². The summed E-state index contributed by atoms with van der Waals surface area (Å²) in [6, 6.07) is 5.94. The molecule has 0 amide bonds. The van der Waals surface area contributed by atoms with Crippen molar-refractivity contribution in [1.29, 1.82) is 0 Å². The quantitative estimate of drug-likeness (QED) is 0.753. The number of nitrogens with one attached hydrogen (secondary N) is 1. The van der Waals surface area contributed by atoms with E-state index >= 15 is 0 Å². The molecule has 0 aliphatic heterocycles. The van der Waals surface area contributed by atoms with E-state index in [0.717, 1.165) is 36.6 Å². The van der Waals surface area contributed by atoms with Crippen LogP contribution in [0.1, 0.15) is 25.8 Å². The Balaban J connectivity index is 2.80. The van der Waals surface area contributed by atoms with Gasteiger partial charge in [-0.2, -0.15) is 0 Å². The Kier molecular flexibility index (Phi) is 6.29. The molecular weight excluding hydrogens is 226 g/mol. The summed E-state index contributed by atoms with van der Waals surface area (Å²) in [7, 11) is 3.34. The zero-order chi connectivity index (χ0) is 13.4. The van der Waals surface area contributed by atoms with Gasteiger partial charge in [0.1, 0.15) is 11.5 Å². The summed E-state index contributed by atoms with van der Waals surface area (Å²) < 4.78 is 10.5. The van der Waals surface area contributed by atoms with Crippen molar-refractivity contribution in [3.63, 3.8) is 0 Å². The van der Waals surface area contributed by atoms with Crippen LogP contribution in [-0.2, 0) is 0 Å². The standard InChI is InChI=1S/C15H23NO2/c1-5-16-8-6-7-12(2)13-9-14(17-3)11-15(10-13)18-4/h7,9-11,16H,5-6,8H2,1-4H3/b12-7+. The summed E-state index contributed by atoms with van der Waals surface area (Å²) in [4.78, 5) is 0. The molecule has 0 radical (unpaired) electrons. The number of hydrogen-bond donors (Lipinski definition) is 1. The van der Waals surface area contributed by atoms with E-state index in [9.17, 15) is 0 Å². The van der Waals surface area contributed by atoms with Gasteiger partial charge >= 0.3 is 0 Å². The third kappa shape index (κ3) is 4.41. The van der Waals surface area contributed by atoms with E-state index in [-0.39, 0.29) is 0 Å². The molecule has 3 nitrogen and oxygen atoms in total. The Bertz CT molecular complexity index is 377. The lowest BCUT2D eigenvalue weighted by atomic mass is 10.1. The monoisotopic (exact) mass is 249 g/mol. The highest BCUT2D eigenvalue weighted by molar-refractivity contribution is 5.66. The number of rotatable bonds is 7. The molecule has 3 heteroatoms. The van der Waals surface area contributed by atoms with Crippen molar-refractivity contribution in [2.45, 2.75) is 20.3 Å². The molecule has 0 saturated heterocycles. The minimum Gasteiger partial charge on any atom is -0.497 e. The second-order valence-corrected chi connectivity index (χ2v) is 4.13. The normalized spacial score (nSPS) is 11.4. The van der Waals surface area contributed by atoms with Gasteiger partial charge in [0.25, 0.3) is 0 Å². The van der Waals surface area contributed by atoms with E-state index < -0.39 is 0 Å². The van der Waals surface area contributed by atoms with Gasteiger partial charge in [0.2, 0.25) is 0 Å². The van der Waals surface area contributed by atoms with Crippen LogP contribution < -0.4 is 14.8 Å². The maximum absolute atomic E-state index is 5.27. The van der Waals surface area contributed by atoms with Crippen LogP contribution in [0.3, 0.4) is 0 Å². The van der Waals surface area contributed by atoms with E-state index in [1.165, 1.54) is 5.57 Å². The first-order chi connectivity index (χ1) is 8.71. The fourth-order valence-corrected chi connectivity index (χ4v) is 1.72. The Labute approximate surface area is 110 Å². The fourth-order valence-electron chi connectivity index (χ4n) is 1.72. The van der Waals surface area contributed by atoms with Crippen LogP contribution in [0.25, 0.3) is 5.57 Å². The molecule has 0 aromatic heterocycles. The van der Waals surface area contributed by atoms with Gasteiger partial charge in [-0.05, 0) is 49.7 Å². The zero-order valence-electron chi connectivity index (χ0n) is 11.7. The summed E-state index contributed by atoms with van der Waals surface area (Å²) in [5.74, 6) is 1.65. The van der Waals surface area contributed by atoms with Gasteiger partial charge in [-0.1, -0.05) is 13.0 Å². The van der Waals surface area contributed by atoms with Crippen molar-refractivity contribution < 1.29 is 9.47 Å². The van der Waals surface area contributed by atoms with Gasteiger partial charge < -0.3 is 14.8 Å². The van der Waals surface area contributed by atoms with E-state index in [4.69, 9.17) is 9.47 Å². The average Bonchev–Trinajstić information content (AvgIpc) is 2.42. The van der Waals surface area contributed by atoms with Crippen molar-refractivity contribution in [1.82, 2.24) is 5.32 Å². The summed E-state index contributed by atoms with van der Waals surface area (Å²) >= 11 is 0. The Morgan fingerprint density at radius 3 is 2.28 bits per heavy atom. The van der Waals surface area contributed by atoms with Crippen LogP contribution in [0.15, 0.2) is 24.3 Å². The van der Waals surface area contributed by atoms with E-state index in [1.54, 1.807) is 14.2 Å². The predicted octanol–water partition coefficient (Wildman–Crippen LogP) is 3.11. The molecule has 0 fully saturated rings. The van der Waals surface area contributed by atoms with Crippen LogP contribution >= 0.6 is 0 Å². The number of benzene rings is 1. The van der Waals surface area contributed by atoms with Gasteiger partial charge in [-0.25, -0.2) is 0 Å². The highest BCUT2D eigenvalue weighted by Crippen LogP contribution is 2.26. The SMILES string of the molecule is CCNCC/C=C(\C)c1cc(OC)cc(OC)c1. The summed E-state index contributed by atoms with van der Waals surface area (Å²) in [6.07, 6.45) is 3.26. The second kappa shape index (κ2) is 7.77. The van der Waals surface area contributed by atoms with E-state index in [1.807, 2.05) is 18.2 Å². The minimum atomic E-state index is 0.823. The lowest BCUT2D eigenvalue weighted by Crippen LogP contribution is -2.13. The molecule has 18 heavy (non-hydrogen) atoms. The minimum absolute atomic E-state index is 0.823. The van der Waals surface area contributed by atoms with E-state index in [0.29, 0.717) is 0 Å². The molecule has 0 bridgehead atoms. The van der Waals surface area contributed by atoms with Gasteiger partial charge in [0.05, 0.1) is 14.2 Å². The van der Waals surface area contributed by atoms with Gasteiger partial charge in [0, 0.05) is 6.07 Å². The molecular formula is C15H23NO2. The molecule has 1 N–H and O–H groups in total. The van der Waals surface area contributed by atoms with Gasteiger partial charge in [0.15, 0.2) is 0 Å². The molecule has 0 aliphatic carbocycles.